The van der Waals surface area contributed by atoms with Crippen LogP contribution in [0.1, 0.15) is 45.7 Å². The average molecular weight is 503 g/mol. The number of aliphatic carboxylic acids is 1. The second kappa shape index (κ2) is 10.8. The second-order valence-electron chi connectivity index (χ2n) is 8.38. The number of carbonyl (C=O) groups excluding carboxylic acids is 2. The Morgan fingerprint density at radius 1 is 0.943 bits per heavy atom. The predicted molar refractivity (Wildman–Crippen MR) is 127 cm³/mol. The number of hydrogen-bond acceptors (Lipinski definition) is 5. The maximum Gasteiger partial charge on any atom is 0.306 e. The van der Waals surface area contributed by atoms with E-state index in [1.54, 1.807) is 12.1 Å². The summed E-state index contributed by atoms with van der Waals surface area (Å²) in [4.78, 5) is 36.1. The normalized spacial score (nSPS) is 17.7. The van der Waals surface area contributed by atoms with Crippen LogP contribution in [0, 0.1) is 17.6 Å². The Balaban J connectivity index is 1.23. The first kappa shape index (κ1) is 24.6. The number of nitrogens with one attached hydrogen (secondary N) is 2. The first-order valence-corrected chi connectivity index (χ1v) is 12.1. The fraction of sp³-hybridized carbons (Fsp3) is 0.320. The lowest BCUT2D eigenvalue weighted by Crippen LogP contribution is -2.34. The number of carbonyl (C=O) groups is 3. The number of rotatable bonds is 8. The molecule has 1 saturated carbocycles. The van der Waals surface area contributed by atoms with Gasteiger partial charge in [0.05, 0.1) is 16.9 Å². The van der Waals surface area contributed by atoms with E-state index in [-0.39, 0.29) is 48.1 Å². The number of carboxylic acids is 1. The summed E-state index contributed by atoms with van der Waals surface area (Å²) in [5.41, 5.74) is 0.113. The highest BCUT2D eigenvalue weighted by Crippen LogP contribution is 2.29. The van der Waals surface area contributed by atoms with Gasteiger partial charge in [-0.05, 0) is 67.5 Å². The largest absolute Gasteiger partial charge is 0.487 e. The molecule has 1 fully saturated rings. The van der Waals surface area contributed by atoms with Gasteiger partial charge >= 0.3 is 5.97 Å². The van der Waals surface area contributed by atoms with E-state index in [9.17, 15) is 23.2 Å². The van der Waals surface area contributed by atoms with Crippen molar-refractivity contribution >= 4 is 39.2 Å². The van der Waals surface area contributed by atoms with Crippen LogP contribution in [-0.2, 0) is 4.79 Å². The number of halogens is 2. The van der Waals surface area contributed by atoms with Crippen molar-refractivity contribution in [1.82, 2.24) is 10.6 Å². The van der Waals surface area contributed by atoms with Crippen molar-refractivity contribution < 1.29 is 33.0 Å². The summed E-state index contributed by atoms with van der Waals surface area (Å²) in [6.45, 7) is 0.298. The van der Waals surface area contributed by atoms with Gasteiger partial charge in [0.1, 0.15) is 5.82 Å². The molecule has 184 valence electrons. The molecule has 7 nitrogen and oxygen atoms in total. The van der Waals surface area contributed by atoms with Crippen molar-refractivity contribution in [3.63, 3.8) is 0 Å². The van der Waals surface area contributed by atoms with Crippen molar-refractivity contribution in [2.75, 3.05) is 13.1 Å². The number of hydrogen-bond donors (Lipinski definition) is 3. The molecule has 1 aromatic heterocycles. The predicted octanol–water partition coefficient (Wildman–Crippen LogP) is 4.36. The average Bonchev–Trinajstić information content (AvgIpc) is 3.26. The molecule has 1 aliphatic carbocycles. The van der Waals surface area contributed by atoms with Gasteiger partial charge in [-0.3, -0.25) is 14.4 Å². The molecule has 0 atom stereocenters. The summed E-state index contributed by atoms with van der Waals surface area (Å²) in [6, 6.07) is 9.92. The Morgan fingerprint density at radius 2 is 1.66 bits per heavy atom. The van der Waals surface area contributed by atoms with Crippen molar-refractivity contribution in [3.8, 4) is 5.75 Å². The quantitative estimate of drug-likeness (QED) is 0.397. The summed E-state index contributed by atoms with van der Waals surface area (Å²) >= 11 is 1.18. The molecule has 3 N–H and O–H groups in total. The highest BCUT2D eigenvalue weighted by Gasteiger charge is 2.27. The van der Waals surface area contributed by atoms with E-state index in [1.807, 2.05) is 0 Å². The van der Waals surface area contributed by atoms with Gasteiger partial charge in [-0.15, -0.1) is 11.3 Å². The van der Waals surface area contributed by atoms with Crippen LogP contribution in [0.5, 0.6) is 5.75 Å². The van der Waals surface area contributed by atoms with Crippen LogP contribution in [0.2, 0.25) is 0 Å². The molecule has 2 aromatic carbocycles. The topological polar surface area (TPSA) is 105 Å². The molecule has 0 radical (unpaired) electrons. The summed E-state index contributed by atoms with van der Waals surface area (Å²) in [5, 5.41) is 15.1. The summed E-state index contributed by atoms with van der Waals surface area (Å²) in [7, 11) is 0. The molecular weight excluding hydrogens is 478 g/mol. The Bertz CT molecular complexity index is 1250. The molecule has 1 heterocycles. The van der Waals surface area contributed by atoms with Gasteiger partial charge in [-0.2, -0.15) is 0 Å². The Hall–Kier alpha value is -3.53. The minimum Gasteiger partial charge on any atom is -0.487 e. The first-order valence-electron chi connectivity index (χ1n) is 11.2. The summed E-state index contributed by atoms with van der Waals surface area (Å²) in [6.07, 6.45) is 1.77. The third-order valence-electron chi connectivity index (χ3n) is 5.91. The second-order valence-corrected chi connectivity index (χ2v) is 9.46. The van der Waals surface area contributed by atoms with Gasteiger partial charge in [-0.25, -0.2) is 8.78 Å². The number of thiophene rings is 1. The molecule has 35 heavy (non-hydrogen) atoms. The molecule has 10 heteroatoms. The van der Waals surface area contributed by atoms with Crippen molar-refractivity contribution in [2.24, 2.45) is 5.92 Å². The molecule has 0 spiro atoms. The van der Waals surface area contributed by atoms with E-state index in [0.717, 1.165) is 11.5 Å². The van der Waals surface area contributed by atoms with Gasteiger partial charge in [0.25, 0.3) is 11.8 Å². The minimum atomic E-state index is -0.818. The Labute approximate surface area is 204 Å². The highest BCUT2D eigenvalue weighted by atomic mass is 32.1. The minimum absolute atomic E-state index is 0.0239. The maximum atomic E-state index is 14.5. The molecule has 4 rings (SSSR count). The fourth-order valence-corrected chi connectivity index (χ4v) is 5.01. The number of benzene rings is 2. The van der Waals surface area contributed by atoms with Gasteiger partial charge in [0.15, 0.2) is 11.6 Å². The number of ether oxygens (including phenoxy) is 1. The smallest absolute Gasteiger partial charge is 0.306 e. The summed E-state index contributed by atoms with van der Waals surface area (Å²) < 4.78 is 34.2. The maximum absolute atomic E-state index is 14.5. The van der Waals surface area contributed by atoms with Crippen molar-refractivity contribution in [3.05, 3.63) is 64.5 Å². The van der Waals surface area contributed by atoms with E-state index < -0.39 is 17.7 Å². The standard InChI is InChI=1S/C25H24F2N2O5S/c26-17-5-1-15-12-22(35-21(15)13-17)24(31)29-10-9-28-23(30)16-4-8-20(19(27)11-16)34-18-6-2-14(3-7-18)25(32)33/h1,4-5,8,11-14,18H,2-3,6-7,9-10H2,(H,28,30)(H,29,31)(H,32,33)/t14-,18+. The lowest BCUT2D eigenvalue weighted by molar-refractivity contribution is -0.143. The van der Waals surface area contributed by atoms with E-state index >= 15 is 0 Å². The zero-order valence-corrected chi connectivity index (χ0v) is 19.5. The lowest BCUT2D eigenvalue weighted by atomic mass is 9.87. The Morgan fingerprint density at radius 3 is 2.34 bits per heavy atom. The van der Waals surface area contributed by atoms with Gasteiger partial charge in [0, 0.05) is 23.4 Å². The highest BCUT2D eigenvalue weighted by molar-refractivity contribution is 7.20. The van der Waals surface area contributed by atoms with E-state index in [4.69, 9.17) is 9.84 Å². The van der Waals surface area contributed by atoms with Crippen LogP contribution in [0.25, 0.3) is 10.1 Å². The SMILES string of the molecule is O=C(NCCNC(=O)c1cc2ccc(F)cc2s1)c1ccc(O[C@H]2CC[C@@H](C(=O)O)CC2)c(F)c1. The first-order chi connectivity index (χ1) is 16.8. The van der Waals surface area contributed by atoms with Crippen LogP contribution in [0.15, 0.2) is 42.5 Å². The zero-order chi connectivity index (χ0) is 24.9. The third-order valence-corrected chi connectivity index (χ3v) is 7.01. The van der Waals surface area contributed by atoms with E-state index in [1.165, 1.54) is 35.6 Å². The Kier molecular flexibility index (Phi) is 7.60. The summed E-state index contributed by atoms with van der Waals surface area (Å²) in [5.74, 6) is -3.04. The van der Waals surface area contributed by atoms with E-state index in [0.29, 0.717) is 35.3 Å². The molecule has 3 aromatic rings. The fourth-order valence-electron chi connectivity index (χ4n) is 4.00. The number of carboxylic acid groups (broad SMARTS) is 1. The van der Waals surface area contributed by atoms with Crippen LogP contribution < -0.4 is 15.4 Å². The lowest BCUT2D eigenvalue weighted by Gasteiger charge is -2.27. The van der Waals surface area contributed by atoms with Gasteiger partial charge in [-0.1, -0.05) is 6.07 Å². The van der Waals surface area contributed by atoms with Crippen molar-refractivity contribution in [1.29, 1.82) is 0 Å². The number of fused-ring (bicyclic) bond motifs is 1. The monoisotopic (exact) mass is 502 g/mol. The molecule has 0 saturated heterocycles. The van der Waals surface area contributed by atoms with Crippen LogP contribution in [0.4, 0.5) is 8.78 Å². The molecule has 0 unspecified atom stereocenters. The van der Waals surface area contributed by atoms with Gasteiger partial charge in [0.2, 0.25) is 0 Å². The van der Waals surface area contributed by atoms with Crippen LogP contribution in [0.3, 0.4) is 0 Å². The van der Waals surface area contributed by atoms with E-state index in [2.05, 4.69) is 10.6 Å². The molecule has 0 bridgehead atoms. The van der Waals surface area contributed by atoms with Crippen molar-refractivity contribution in [2.45, 2.75) is 31.8 Å². The van der Waals surface area contributed by atoms with Crippen LogP contribution >= 0.6 is 11.3 Å². The molecular formula is C25H24F2N2O5S. The molecule has 2 amide bonds. The van der Waals surface area contributed by atoms with Gasteiger partial charge < -0.3 is 20.5 Å². The molecule has 1 aliphatic rings. The zero-order valence-electron chi connectivity index (χ0n) is 18.7. The third kappa shape index (κ3) is 6.13. The van der Waals surface area contributed by atoms with Crippen LogP contribution in [-0.4, -0.2) is 42.1 Å². The number of amides is 2. The molecule has 0 aliphatic heterocycles.